The number of fused-ring (bicyclic) bond motifs is 1. The first-order valence-electron chi connectivity index (χ1n) is 8.90. The first-order chi connectivity index (χ1) is 12.4. The molecular formula is C19H27N5O2. The molecule has 140 valence electrons. The second kappa shape index (κ2) is 7.35. The minimum atomic E-state index is -0.0439. The average Bonchev–Trinajstić information content (AvgIpc) is 2.86. The number of amides is 2. The lowest BCUT2D eigenvalue weighted by molar-refractivity contribution is 0.168. The number of ether oxygens (including phenoxy) is 1. The van der Waals surface area contributed by atoms with Gasteiger partial charge in [0.15, 0.2) is 0 Å². The predicted molar refractivity (Wildman–Crippen MR) is 99.0 cm³/mol. The van der Waals surface area contributed by atoms with Crippen LogP contribution in [-0.4, -0.2) is 45.9 Å². The Morgan fingerprint density at radius 3 is 3.00 bits per heavy atom. The molecule has 1 aliphatic heterocycles. The number of aryl methyl sites for hydroxylation is 1. The van der Waals surface area contributed by atoms with Crippen molar-refractivity contribution in [2.75, 3.05) is 20.2 Å². The van der Waals surface area contributed by atoms with Crippen molar-refractivity contribution in [1.82, 2.24) is 25.0 Å². The highest BCUT2D eigenvalue weighted by Crippen LogP contribution is 2.29. The van der Waals surface area contributed by atoms with Crippen molar-refractivity contribution in [2.24, 2.45) is 12.5 Å². The number of urea groups is 1. The standard InChI is InChI=1S/C19H27N5O2/c1-19(2)10-16-15(11-22-23(16)3)12-24(13-19)18(25)21-9-7-14-6-5-8-20-17(14)26-4/h5-6,8,11H,7,9-10,12-13H2,1-4H3,(H,21,25). The van der Waals surface area contributed by atoms with Crippen LogP contribution < -0.4 is 10.1 Å². The molecule has 0 radical (unpaired) electrons. The fourth-order valence-corrected chi connectivity index (χ4v) is 3.51. The molecule has 0 saturated carbocycles. The molecule has 2 aromatic heterocycles. The van der Waals surface area contributed by atoms with E-state index in [9.17, 15) is 4.79 Å². The summed E-state index contributed by atoms with van der Waals surface area (Å²) in [6, 6.07) is 3.80. The van der Waals surface area contributed by atoms with Gasteiger partial charge in [-0.15, -0.1) is 0 Å². The third-order valence-electron chi connectivity index (χ3n) is 4.78. The van der Waals surface area contributed by atoms with Crippen LogP contribution in [0.15, 0.2) is 24.5 Å². The van der Waals surface area contributed by atoms with Gasteiger partial charge in [-0.05, 0) is 24.3 Å². The summed E-state index contributed by atoms with van der Waals surface area (Å²) in [5.41, 5.74) is 3.33. The molecule has 0 saturated heterocycles. The Bertz CT molecular complexity index is 784. The maximum absolute atomic E-state index is 12.7. The summed E-state index contributed by atoms with van der Waals surface area (Å²) in [6.45, 7) is 6.22. The highest BCUT2D eigenvalue weighted by molar-refractivity contribution is 5.74. The Balaban J connectivity index is 1.64. The zero-order valence-corrected chi connectivity index (χ0v) is 16.0. The molecule has 2 aromatic rings. The van der Waals surface area contributed by atoms with Crippen LogP contribution in [0.3, 0.4) is 0 Å². The molecule has 2 amide bonds. The summed E-state index contributed by atoms with van der Waals surface area (Å²) >= 11 is 0. The van der Waals surface area contributed by atoms with Gasteiger partial charge >= 0.3 is 6.03 Å². The number of carbonyl (C=O) groups is 1. The Morgan fingerprint density at radius 2 is 2.23 bits per heavy atom. The Morgan fingerprint density at radius 1 is 1.42 bits per heavy atom. The van der Waals surface area contributed by atoms with Gasteiger partial charge in [0, 0.05) is 43.2 Å². The molecular weight excluding hydrogens is 330 g/mol. The lowest BCUT2D eigenvalue weighted by atomic mass is 9.87. The van der Waals surface area contributed by atoms with Crippen LogP contribution in [0.25, 0.3) is 0 Å². The summed E-state index contributed by atoms with van der Waals surface area (Å²) in [7, 11) is 3.57. The molecule has 0 spiro atoms. The fraction of sp³-hybridized carbons (Fsp3) is 0.526. The molecule has 0 atom stereocenters. The third-order valence-corrected chi connectivity index (χ3v) is 4.78. The van der Waals surface area contributed by atoms with E-state index in [2.05, 4.69) is 29.2 Å². The fourth-order valence-electron chi connectivity index (χ4n) is 3.51. The Labute approximate surface area is 154 Å². The van der Waals surface area contributed by atoms with Crippen LogP contribution in [0, 0.1) is 5.41 Å². The molecule has 0 bridgehead atoms. The van der Waals surface area contributed by atoms with Gasteiger partial charge in [-0.3, -0.25) is 4.68 Å². The van der Waals surface area contributed by atoms with E-state index in [0.29, 0.717) is 31.9 Å². The van der Waals surface area contributed by atoms with Crippen molar-refractivity contribution in [3.8, 4) is 5.88 Å². The Kier molecular flexibility index (Phi) is 5.15. The molecule has 0 fully saturated rings. The van der Waals surface area contributed by atoms with Crippen molar-refractivity contribution in [2.45, 2.75) is 33.2 Å². The minimum absolute atomic E-state index is 0.00293. The zero-order chi connectivity index (χ0) is 18.7. The van der Waals surface area contributed by atoms with Crippen molar-refractivity contribution < 1.29 is 9.53 Å². The van der Waals surface area contributed by atoms with Gasteiger partial charge in [-0.1, -0.05) is 19.9 Å². The van der Waals surface area contributed by atoms with Crippen LogP contribution in [0.1, 0.15) is 30.7 Å². The first kappa shape index (κ1) is 18.2. The van der Waals surface area contributed by atoms with Crippen LogP contribution in [-0.2, 0) is 26.4 Å². The van der Waals surface area contributed by atoms with E-state index in [0.717, 1.165) is 17.5 Å². The smallest absolute Gasteiger partial charge is 0.317 e. The quantitative estimate of drug-likeness (QED) is 0.910. The molecule has 7 heteroatoms. The van der Waals surface area contributed by atoms with Crippen molar-refractivity contribution >= 4 is 6.03 Å². The number of methoxy groups -OCH3 is 1. The maximum atomic E-state index is 12.7. The SMILES string of the molecule is COc1ncccc1CCNC(=O)N1Cc2cnn(C)c2CC(C)(C)C1. The largest absolute Gasteiger partial charge is 0.481 e. The second-order valence-electron chi connectivity index (χ2n) is 7.59. The van der Waals surface area contributed by atoms with Gasteiger partial charge in [0.1, 0.15) is 0 Å². The van der Waals surface area contributed by atoms with E-state index >= 15 is 0 Å². The van der Waals surface area contributed by atoms with Crippen molar-refractivity contribution in [3.63, 3.8) is 0 Å². The van der Waals surface area contributed by atoms with Gasteiger partial charge in [0.2, 0.25) is 5.88 Å². The van der Waals surface area contributed by atoms with Gasteiger partial charge in [0.05, 0.1) is 19.9 Å². The highest BCUT2D eigenvalue weighted by Gasteiger charge is 2.31. The number of aromatic nitrogens is 3. The molecule has 3 heterocycles. The molecule has 0 aromatic carbocycles. The number of rotatable bonds is 4. The van der Waals surface area contributed by atoms with E-state index in [1.54, 1.807) is 13.3 Å². The third kappa shape index (κ3) is 3.98. The lowest BCUT2D eigenvalue weighted by Gasteiger charge is -2.29. The van der Waals surface area contributed by atoms with Crippen LogP contribution >= 0.6 is 0 Å². The lowest BCUT2D eigenvalue weighted by Crippen LogP contribution is -2.44. The number of hydrogen-bond donors (Lipinski definition) is 1. The number of nitrogens with one attached hydrogen (secondary N) is 1. The minimum Gasteiger partial charge on any atom is -0.481 e. The van der Waals surface area contributed by atoms with Gasteiger partial charge in [-0.25, -0.2) is 9.78 Å². The van der Waals surface area contributed by atoms with E-state index in [-0.39, 0.29) is 11.4 Å². The van der Waals surface area contributed by atoms with E-state index < -0.39 is 0 Å². The number of pyridine rings is 1. The number of carbonyl (C=O) groups excluding carboxylic acids is 1. The normalized spacial score (nSPS) is 15.9. The molecule has 0 unspecified atom stereocenters. The molecule has 3 rings (SSSR count). The molecule has 1 aliphatic rings. The molecule has 0 aliphatic carbocycles. The first-order valence-corrected chi connectivity index (χ1v) is 8.90. The summed E-state index contributed by atoms with van der Waals surface area (Å²) < 4.78 is 7.18. The van der Waals surface area contributed by atoms with E-state index in [1.165, 1.54) is 5.69 Å². The van der Waals surface area contributed by atoms with E-state index in [1.807, 2.05) is 35.0 Å². The molecule has 1 N–H and O–H groups in total. The zero-order valence-electron chi connectivity index (χ0n) is 16.0. The number of hydrogen-bond acceptors (Lipinski definition) is 4. The average molecular weight is 357 g/mol. The highest BCUT2D eigenvalue weighted by atomic mass is 16.5. The van der Waals surface area contributed by atoms with Crippen LogP contribution in [0.5, 0.6) is 5.88 Å². The second-order valence-corrected chi connectivity index (χ2v) is 7.59. The van der Waals surface area contributed by atoms with Crippen molar-refractivity contribution in [1.29, 1.82) is 0 Å². The maximum Gasteiger partial charge on any atom is 0.317 e. The summed E-state index contributed by atoms with van der Waals surface area (Å²) in [5, 5.41) is 7.39. The molecule has 26 heavy (non-hydrogen) atoms. The summed E-state index contributed by atoms with van der Waals surface area (Å²) in [6.07, 6.45) is 5.16. The van der Waals surface area contributed by atoms with Gasteiger partial charge < -0.3 is 15.0 Å². The van der Waals surface area contributed by atoms with Gasteiger partial charge in [-0.2, -0.15) is 5.10 Å². The summed E-state index contributed by atoms with van der Waals surface area (Å²) in [4.78, 5) is 18.8. The summed E-state index contributed by atoms with van der Waals surface area (Å²) in [5.74, 6) is 0.609. The number of nitrogens with zero attached hydrogens (tertiary/aromatic N) is 4. The van der Waals surface area contributed by atoms with Crippen molar-refractivity contribution in [3.05, 3.63) is 41.3 Å². The van der Waals surface area contributed by atoms with Crippen LogP contribution in [0.4, 0.5) is 4.79 Å². The van der Waals surface area contributed by atoms with Crippen LogP contribution in [0.2, 0.25) is 0 Å². The topological polar surface area (TPSA) is 72.3 Å². The monoisotopic (exact) mass is 357 g/mol. The predicted octanol–water partition coefficient (Wildman–Crippen LogP) is 2.16. The molecule has 7 nitrogen and oxygen atoms in total. The van der Waals surface area contributed by atoms with E-state index in [4.69, 9.17) is 4.74 Å². The van der Waals surface area contributed by atoms with Gasteiger partial charge in [0.25, 0.3) is 0 Å². The Hall–Kier alpha value is -2.57.